The predicted molar refractivity (Wildman–Crippen MR) is 99.4 cm³/mol. The van der Waals surface area contributed by atoms with Crippen LogP contribution in [0.2, 0.25) is 0 Å². The van der Waals surface area contributed by atoms with Gasteiger partial charge in [-0.15, -0.1) is 0 Å². The van der Waals surface area contributed by atoms with Gasteiger partial charge in [0.05, 0.1) is 12.3 Å². The highest BCUT2D eigenvalue weighted by Crippen LogP contribution is 2.58. The van der Waals surface area contributed by atoms with Gasteiger partial charge >= 0.3 is 0 Å². The molecule has 5 atom stereocenters. The van der Waals surface area contributed by atoms with E-state index in [-0.39, 0.29) is 42.0 Å². The normalized spacial score (nSPS) is 39.0. The number of aromatic amines is 1. The van der Waals surface area contributed by atoms with Gasteiger partial charge in [-0.3, -0.25) is 5.10 Å². The summed E-state index contributed by atoms with van der Waals surface area (Å²) in [5, 5.41) is 38.4. The van der Waals surface area contributed by atoms with E-state index in [1.807, 2.05) is 6.20 Å². The van der Waals surface area contributed by atoms with Gasteiger partial charge < -0.3 is 15.3 Å². The lowest BCUT2D eigenvalue weighted by Crippen LogP contribution is -2.48. The van der Waals surface area contributed by atoms with Gasteiger partial charge in [0.25, 0.3) is 0 Å². The third kappa shape index (κ3) is 2.44. The van der Waals surface area contributed by atoms with E-state index in [0.717, 1.165) is 31.4 Å². The number of hydrogen-bond acceptors (Lipinski definition) is 4. The zero-order valence-corrected chi connectivity index (χ0v) is 16.1. The summed E-state index contributed by atoms with van der Waals surface area (Å²) in [6.45, 7) is 6.83. The topological polar surface area (TPSA) is 89.4 Å². The molecule has 3 aliphatic carbocycles. The van der Waals surface area contributed by atoms with Crippen molar-refractivity contribution in [2.75, 3.05) is 13.2 Å². The molecule has 4 N–H and O–H groups in total. The number of hydrogen-bond donors (Lipinski definition) is 4. The zero-order chi connectivity index (χ0) is 18.7. The van der Waals surface area contributed by atoms with Crippen molar-refractivity contribution in [1.82, 2.24) is 10.2 Å². The van der Waals surface area contributed by atoms with Crippen LogP contribution >= 0.6 is 0 Å². The summed E-state index contributed by atoms with van der Waals surface area (Å²) in [6, 6.07) is 0. The zero-order valence-electron chi connectivity index (χ0n) is 16.1. The van der Waals surface area contributed by atoms with Gasteiger partial charge in [-0.2, -0.15) is 5.10 Å². The number of rotatable bonds is 3. The minimum Gasteiger partial charge on any atom is -0.396 e. The molecule has 1 aromatic rings. The Hall–Kier alpha value is -1.17. The fourth-order valence-corrected chi connectivity index (χ4v) is 6.24. The Morgan fingerprint density at radius 2 is 1.96 bits per heavy atom. The number of H-pyrrole nitrogens is 1. The summed E-state index contributed by atoms with van der Waals surface area (Å²) >= 11 is 0. The molecule has 0 saturated carbocycles. The second-order valence-corrected chi connectivity index (χ2v) is 9.52. The molecule has 0 spiro atoms. The molecule has 0 fully saturated rings. The second kappa shape index (κ2) is 6.18. The van der Waals surface area contributed by atoms with Crippen LogP contribution < -0.4 is 0 Å². The first-order chi connectivity index (χ1) is 12.3. The molecular weight excluding hydrogens is 328 g/mol. The maximum atomic E-state index is 10.6. The molecule has 0 aromatic carbocycles. The smallest absolute Gasteiger partial charge is 0.0665 e. The molecule has 0 bridgehead atoms. The second-order valence-electron chi connectivity index (χ2n) is 9.52. The van der Waals surface area contributed by atoms with Crippen molar-refractivity contribution in [2.45, 2.75) is 59.0 Å². The highest BCUT2D eigenvalue weighted by atomic mass is 16.3. The van der Waals surface area contributed by atoms with Crippen molar-refractivity contribution in [3.05, 3.63) is 28.6 Å². The number of aliphatic hydroxyl groups is 3. The maximum absolute atomic E-state index is 10.6. The van der Waals surface area contributed by atoms with Crippen molar-refractivity contribution >= 4 is 0 Å². The summed E-state index contributed by atoms with van der Waals surface area (Å²) in [4.78, 5) is 0. The van der Waals surface area contributed by atoms with Gasteiger partial charge in [0.1, 0.15) is 0 Å². The Bertz CT molecular complexity index is 723. The quantitative estimate of drug-likeness (QED) is 0.622. The van der Waals surface area contributed by atoms with Crippen molar-refractivity contribution in [3.63, 3.8) is 0 Å². The first kappa shape index (κ1) is 18.2. The minimum absolute atomic E-state index is 0.0742. The van der Waals surface area contributed by atoms with Crippen LogP contribution in [0.25, 0.3) is 0 Å². The molecule has 1 aromatic heterocycles. The Labute approximate surface area is 155 Å². The highest BCUT2D eigenvalue weighted by Gasteiger charge is 2.53. The van der Waals surface area contributed by atoms with Crippen molar-refractivity contribution in [3.8, 4) is 0 Å². The molecule has 5 nitrogen and oxygen atoms in total. The first-order valence-corrected chi connectivity index (χ1v) is 9.96. The van der Waals surface area contributed by atoms with Crippen LogP contribution in [0, 0.1) is 28.6 Å². The van der Waals surface area contributed by atoms with Crippen LogP contribution in [0.1, 0.15) is 51.3 Å². The van der Waals surface area contributed by atoms with Gasteiger partial charge in [0, 0.05) is 30.2 Å². The molecule has 0 amide bonds. The summed E-state index contributed by atoms with van der Waals surface area (Å²) < 4.78 is 0. The monoisotopic (exact) mass is 360 g/mol. The summed E-state index contributed by atoms with van der Waals surface area (Å²) in [5.74, 6) is 0.561. The van der Waals surface area contributed by atoms with E-state index in [4.69, 9.17) is 0 Å². The molecule has 1 unspecified atom stereocenters. The van der Waals surface area contributed by atoms with Gasteiger partial charge in [0.15, 0.2) is 0 Å². The standard InChI is InChI=1S/C21H32N2O3/c1-20(2)16-4-5-17(15(11-25)14(16)7-19(20)26)21(3)8-12-9-22-23-18(12)6-13(21)10-24/h9,13,15,17,19,24-26H,4-8,10-11H2,1-3H3,(H,22,23)/t13-,15+,17?,19-,21+/m1/s1. The lowest BCUT2D eigenvalue weighted by molar-refractivity contribution is -0.00643. The molecule has 0 saturated heterocycles. The van der Waals surface area contributed by atoms with Gasteiger partial charge in [-0.25, -0.2) is 0 Å². The molecule has 0 aliphatic heterocycles. The Morgan fingerprint density at radius 3 is 2.65 bits per heavy atom. The first-order valence-electron chi connectivity index (χ1n) is 9.96. The average molecular weight is 360 g/mol. The molecule has 3 aliphatic rings. The number of nitrogens with one attached hydrogen (secondary N) is 1. The van der Waals surface area contributed by atoms with E-state index in [1.54, 1.807) is 0 Å². The largest absolute Gasteiger partial charge is 0.396 e. The number of fused-ring (bicyclic) bond motifs is 1. The molecular formula is C21H32N2O3. The molecule has 26 heavy (non-hydrogen) atoms. The van der Waals surface area contributed by atoms with Crippen LogP contribution in [-0.2, 0) is 12.8 Å². The fraction of sp³-hybridized carbons (Fsp3) is 0.762. The predicted octanol–water partition coefficient (Wildman–Crippen LogP) is 2.23. The molecule has 1 heterocycles. The van der Waals surface area contributed by atoms with E-state index in [0.29, 0.717) is 12.3 Å². The van der Waals surface area contributed by atoms with Crippen molar-refractivity contribution in [2.24, 2.45) is 28.6 Å². The van der Waals surface area contributed by atoms with Crippen molar-refractivity contribution < 1.29 is 15.3 Å². The summed E-state index contributed by atoms with van der Waals surface area (Å²) in [7, 11) is 0. The van der Waals surface area contributed by atoms with Gasteiger partial charge in [-0.05, 0) is 54.9 Å². The average Bonchev–Trinajstić information content (AvgIpc) is 3.15. The third-order valence-corrected chi connectivity index (χ3v) is 8.08. The Kier molecular flexibility index (Phi) is 4.33. The van der Waals surface area contributed by atoms with Crippen LogP contribution in [-0.4, -0.2) is 44.8 Å². The minimum atomic E-state index is -0.353. The highest BCUT2D eigenvalue weighted by molar-refractivity contribution is 5.35. The Morgan fingerprint density at radius 1 is 1.19 bits per heavy atom. The number of aliphatic hydroxyl groups excluding tert-OH is 3. The molecule has 5 heteroatoms. The summed E-state index contributed by atoms with van der Waals surface area (Å²) in [6.07, 6.45) is 5.96. The Balaban J connectivity index is 1.72. The van der Waals surface area contributed by atoms with E-state index >= 15 is 0 Å². The van der Waals surface area contributed by atoms with Crippen LogP contribution in [0.5, 0.6) is 0 Å². The van der Waals surface area contributed by atoms with E-state index in [9.17, 15) is 15.3 Å². The van der Waals surface area contributed by atoms with Crippen LogP contribution in [0.4, 0.5) is 0 Å². The molecule has 0 radical (unpaired) electrons. The summed E-state index contributed by atoms with van der Waals surface area (Å²) in [5.41, 5.74) is 4.79. The van der Waals surface area contributed by atoms with E-state index < -0.39 is 0 Å². The molecule has 4 rings (SSSR count). The lowest BCUT2D eigenvalue weighted by atomic mass is 9.54. The number of nitrogens with zero attached hydrogens (tertiary/aromatic N) is 1. The van der Waals surface area contributed by atoms with Gasteiger partial charge in [-0.1, -0.05) is 31.9 Å². The SMILES string of the molecule is CC1(C)C2=C(C[C@H]1O)[C@H](CO)C([C@@]1(C)Cc3cn[nH]c3C[C@@H]1CO)CC2. The van der Waals surface area contributed by atoms with E-state index in [1.165, 1.54) is 16.7 Å². The lowest BCUT2D eigenvalue weighted by Gasteiger charge is -2.51. The van der Waals surface area contributed by atoms with E-state index in [2.05, 4.69) is 31.0 Å². The fourth-order valence-electron chi connectivity index (χ4n) is 6.24. The van der Waals surface area contributed by atoms with Crippen LogP contribution in [0.15, 0.2) is 17.3 Å². The molecule has 144 valence electrons. The van der Waals surface area contributed by atoms with Crippen molar-refractivity contribution in [1.29, 1.82) is 0 Å². The maximum Gasteiger partial charge on any atom is 0.0665 e. The number of aromatic nitrogens is 2. The third-order valence-electron chi connectivity index (χ3n) is 8.08. The van der Waals surface area contributed by atoms with Crippen LogP contribution in [0.3, 0.4) is 0 Å². The van der Waals surface area contributed by atoms with Gasteiger partial charge in [0.2, 0.25) is 0 Å².